The van der Waals surface area contributed by atoms with Crippen molar-refractivity contribution < 1.29 is 9.59 Å². The standard InChI is InChI=1S/C15H28N4O2/c1-16-8-7-14(20)18-9-11-19(12-10-18)15(21)17-13-5-3-2-4-6-13/h13,16H,2-12H2,1H3,(H,17,21). The highest BCUT2D eigenvalue weighted by molar-refractivity contribution is 5.78. The lowest BCUT2D eigenvalue weighted by Crippen LogP contribution is -2.54. The minimum atomic E-state index is 0.0456. The van der Waals surface area contributed by atoms with Crippen LogP contribution < -0.4 is 10.6 Å². The third-order valence-corrected chi connectivity index (χ3v) is 4.44. The molecule has 2 fully saturated rings. The molecule has 2 rings (SSSR count). The molecule has 1 aliphatic carbocycles. The van der Waals surface area contributed by atoms with Gasteiger partial charge in [0.05, 0.1) is 0 Å². The molecule has 0 atom stereocenters. The molecule has 6 heteroatoms. The van der Waals surface area contributed by atoms with Crippen LogP contribution in [0, 0.1) is 0 Å². The molecule has 0 radical (unpaired) electrons. The molecule has 3 amide bonds. The van der Waals surface area contributed by atoms with E-state index in [-0.39, 0.29) is 11.9 Å². The number of hydrogen-bond donors (Lipinski definition) is 2. The molecule has 2 N–H and O–H groups in total. The summed E-state index contributed by atoms with van der Waals surface area (Å²) in [5, 5.41) is 6.13. The molecule has 120 valence electrons. The molecule has 1 saturated carbocycles. The summed E-state index contributed by atoms with van der Waals surface area (Å²) in [6, 6.07) is 0.394. The molecule has 6 nitrogen and oxygen atoms in total. The van der Waals surface area contributed by atoms with Crippen LogP contribution in [0.3, 0.4) is 0 Å². The van der Waals surface area contributed by atoms with Crippen LogP contribution in [0.1, 0.15) is 38.5 Å². The molecule has 0 spiro atoms. The van der Waals surface area contributed by atoms with Crippen LogP contribution in [0.2, 0.25) is 0 Å². The van der Waals surface area contributed by atoms with Crippen molar-refractivity contribution in [1.82, 2.24) is 20.4 Å². The number of amides is 3. The van der Waals surface area contributed by atoms with Gasteiger partial charge in [0.25, 0.3) is 0 Å². The van der Waals surface area contributed by atoms with Crippen molar-refractivity contribution in [3.63, 3.8) is 0 Å². The Balaban J connectivity index is 1.70. The lowest BCUT2D eigenvalue weighted by atomic mass is 9.96. The van der Waals surface area contributed by atoms with Gasteiger partial charge in [-0.3, -0.25) is 4.79 Å². The summed E-state index contributed by atoms with van der Waals surface area (Å²) in [7, 11) is 1.85. The lowest BCUT2D eigenvalue weighted by Gasteiger charge is -2.36. The van der Waals surface area contributed by atoms with Gasteiger partial charge in [-0.2, -0.15) is 0 Å². The molecular formula is C15H28N4O2. The van der Waals surface area contributed by atoms with Gasteiger partial charge in [0, 0.05) is 45.2 Å². The molecule has 1 heterocycles. The largest absolute Gasteiger partial charge is 0.339 e. The fourth-order valence-corrected chi connectivity index (χ4v) is 3.06. The quantitative estimate of drug-likeness (QED) is 0.806. The van der Waals surface area contributed by atoms with E-state index in [0.717, 1.165) is 12.8 Å². The second kappa shape index (κ2) is 8.22. The van der Waals surface area contributed by atoms with E-state index in [1.807, 2.05) is 16.8 Å². The average Bonchev–Trinajstić information content (AvgIpc) is 2.53. The highest BCUT2D eigenvalue weighted by atomic mass is 16.2. The van der Waals surface area contributed by atoms with E-state index in [1.165, 1.54) is 19.3 Å². The van der Waals surface area contributed by atoms with E-state index < -0.39 is 0 Å². The summed E-state index contributed by atoms with van der Waals surface area (Å²) in [5.41, 5.74) is 0. The number of nitrogens with one attached hydrogen (secondary N) is 2. The van der Waals surface area contributed by atoms with Crippen molar-refractivity contribution >= 4 is 11.9 Å². The van der Waals surface area contributed by atoms with Crippen LogP contribution in [0.5, 0.6) is 0 Å². The van der Waals surface area contributed by atoms with Crippen LogP contribution in [0.25, 0.3) is 0 Å². The van der Waals surface area contributed by atoms with Crippen LogP contribution in [0.4, 0.5) is 4.79 Å². The predicted molar refractivity (Wildman–Crippen MR) is 82.1 cm³/mol. The Morgan fingerprint density at radius 3 is 2.24 bits per heavy atom. The Kier molecular flexibility index (Phi) is 6.29. The fourth-order valence-electron chi connectivity index (χ4n) is 3.06. The number of carbonyl (C=O) groups excluding carboxylic acids is 2. The SMILES string of the molecule is CNCCC(=O)N1CCN(C(=O)NC2CCCCC2)CC1. The van der Waals surface area contributed by atoms with E-state index in [2.05, 4.69) is 10.6 Å². The van der Waals surface area contributed by atoms with E-state index in [0.29, 0.717) is 45.2 Å². The highest BCUT2D eigenvalue weighted by Crippen LogP contribution is 2.17. The van der Waals surface area contributed by atoms with Gasteiger partial charge in [-0.05, 0) is 19.9 Å². The normalized spacial score (nSPS) is 20.4. The number of carbonyl (C=O) groups is 2. The van der Waals surface area contributed by atoms with Gasteiger partial charge in [-0.1, -0.05) is 19.3 Å². The average molecular weight is 296 g/mol. The second-order valence-electron chi connectivity index (χ2n) is 6.01. The van der Waals surface area contributed by atoms with E-state index in [4.69, 9.17) is 0 Å². The van der Waals surface area contributed by atoms with Crippen LogP contribution in [0.15, 0.2) is 0 Å². The summed E-state index contributed by atoms with van der Waals surface area (Å²) in [6.07, 6.45) is 6.48. The fraction of sp³-hybridized carbons (Fsp3) is 0.867. The summed E-state index contributed by atoms with van der Waals surface area (Å²) < 4.78 is 0. The molecule has 21 heavy (non-hydrogen) atoms. The number of piperazine rings is 1. The molecule has 2 aliphatic rings. The molecular weight excluding hydrogens is 268 g/mol. The maximum atomic E-state index is 12.2. The summed E-state index contributed by atoms with van der Waals surface area (Å²) in [4.78, 5) is 27.8. The molecule has 0 aromatic carbocycles. The van der Waals surface area contributed by atoms with Crippen molar-refractivity contribution in [1.29, 1.82) is 0 Å². The maximum Gasteiger partial charge on any atom is 0.317 e. The Bertz CT molecular complexity index is 348. The molecule has 0 aromatic heterocycles. The zero-order valence-electron chi connectivity index (χ0n) is 13.1. The van der Waals surface area contributed by atoms with Gasteiger partial charge in [0.1, 0.15) is 0 Å². The second-order valence-corrected chi connectivity index (χ2v) is 6.01. The third kappa shape index (κ3) is 4.88. The molecule has 1 saturated heterocycles. The number of rotatable bonds is 4. The van der Waals surface area contributed by atoms with Crippen molar-refractivity contribution in [2.45, 2.75) is 44.6 Å². The first-order chi connectivity index (χ1) is 10.2. The molecule has 0 aromatic rings. The minimum Gasteiger partial charge on any atom is -0.339 e. The van der Waals surface area contributed by atoms with Gasteiger partial charge in [0.15, 0.2) is 0 Å². The first kappa shape index (κ1) is 16.1. The molecule has 0 bridgehead atoms. The predicted octanol–water partition coefficient (Wildman–Crippen LogP) is 0.782. The highest BCUT2D eigenvalue weighted by Gasteiger charge is 2.25. The van der Waals surface area contributed by atoms with Crippen molar-refractivity contribution in [3.8, 4) is 0 Å². The molecule has 0 unspecified atom stereocenters. The van der Waals surface area contributed by atoms with E-state index in [1.54, 1.807) is 0 Å². The van der Waals surface area contributed by atoms with Gasteiger partial charge in [-0.25, -0.2) is 4.79 Å². The number of nitrogens with zero attached hydrogens (tertiary/aromatic N) is 2. The lowest BCUT2D eigenvalue weighted by molar-refractivity contribution is -0.132. The topological polar surface area (TPSA) is 64.7 Å². The Morgan fingerprint density at radius 2 is 1.62 bits per heavy atom. The Labute approximate surface area is 127 Å². The first-order valence-electron chi connectivity index (χ1n) is 8.18. The van der Waals surface area contributed by atoms with Crippen molar-refractivity contribution in [2.24, 2.45) is 0 Å². The zero-order valence-corrected chi connectivity index (χ0v) is 13.1. The third-order valence-electron chi connectivity index (χ3n) is 4.44. The number of urea groups is 1. The maximum absolute atomic E-state index is 12.2. The Hall–Kier alpha value is -1.30. The monoisotopic (exact) mass is 296 g/mol. The van der Waals surface area contributed by atoms with Crippen LogP contribution >= 0.6 is 0 Å². The van der Waals surface area contributed by atoms with Gasteiger partial charge >= 0.3 is 6.03 Å². The van der Waals surface area contributed by atoms with E-state index in [9.17, 15) is 9.59 Å². The minimum absolute atomic E-state index is 0.0456. The summed E-state index contributed by atoms with van der Waals surface area (Å²) in [6.45, 7) is 3.30. The summed E-state index contributed by atoms with van der Waals surface area (Å²) >= 11 is 0. The van der Waals surface area contributed by atoms with E-state index >= 15 is 0 Å². The smallest absolute Gasteiger partial charge is 0.317 e. The van der Waals surface area contributed by atoms with Crippen molar-refractivity contribution in [3.05, 3.63) is 0 Å². The van der Waals surface area contributed by atoms with Gasteiger partial charge in [0.2, 0.25) is 5.91 Å². The first-order valence-corrected chi connectivity index (χ1v) is 8.18. The Morgan fingerprint density at radius 1 is 1.00 bits per heavy atom. The van der Waals surface area contributed by atoms with Gasteiger partial charge < -0.3 is 20.4 Å². The van der Waals surface area contributed by atoms with Gasteiger partial charge in [-0.15, -0.1) is 0 Å². The zero-order chi connectivity index (χ0) is 15.1. The van der Waals surface area contributed by atoms with Crippen molar-refractivity contribution in [2.75, 3.05) is 39.8 Å². The van der Waals surface area contributed by atoms with Crippen LogP contribution in [-0.2, 0) is 4.79 Å². The van der Waals surface area contributed by atoms with Crippen LogP contribution in [-0.4, -0.2) is 67.6 Å². The number of hydrogen-bond acceptors (Lipinski definition) is 3. The molecule has 1 aliphatic heterocycles. The summed E-state index contributed by atoms with van der Waals surface area (Å²) in [5.74, 6) is 0.177.